The summed E-state index contributed by atoms with van der Waals surface area (Å²) < 4.78 is 0. The Kier molecular flexibility index (Phi) is 13.2. The first-order chi connectivity index (χ1) is 19.6. The van der Waals surface area contributed by atoms with Gasteiger partial charge in [0.2, 0.25) is 0 Å². The van der Waals surface area contributed by atoms with Crippen LogP contribution in [0.3, 0.4) is 0 Å². The van der Waals surface area contributed by atoms with E-state index < -0.39 is 0 Å². The van der Waals surface area contributed by atoms with E-state index in [2.05, 4.69) is 147 Å². The van der Waals surface area contributed by atoms with Crippen LogP contribution in [-0.2, 0) is 4.79 Å². The van der Waals surface area contributed by atoms with E-state index in [1.54, 1.807) is 0 Å². The monoisotopic (exact) mass is 566 g/mol. The lowest BCUT2D eigenvalue weighted by Gasteiger charge is -2.35. The standard InChI is InChI=1S/C40H54O2/c1-29(17-13-19-31(3)21-23-36-33(5)27-35(41)28-40(36,9)10)15-11-12-16-30(2)18-14-20-32(4)22-24-37-34(6)38(42)25-26-39(37,7)8/h11-24,35,41H,25-28H2,1-10H3/b12-11+,17-13+,18-14+,23-21+,24-22+,29-15+,30-16+,31-19+,32-20+/t35-/m0/s1. The van der Waals surface area contributed by atoms with Gasteiger partial charge in [0.05, 0.1) is 6.10 Å². The molecule has 0 saturated carbocycles. The van der Waals surface area contributed by atoms with Crippen molar-refractivity contribution in [1.82, 2.24) is 0 Å². The van der Waals surface area contributed by atoms with Gasteiger partial charge >= 0.3 is 0 Å². The number of carbonyl (C=O) groups excluding carboxylic acids is 1. The van der Waals surface area contributed by atoms with E-state index in [1.165, 1.54) is 27.9 Å². The molecule has 2 aliphatic rings. The van der Waals surface area contributed by atoms with Crippen LogP contribution in [0, 0.1) is 10.8 Å². The van der Waals surface area contributed by atoms with Gasteiger partial charge in [-0.1, -0.05) is 141 Å². The van der Waals surface area contributed by atoms with Gasteiger partial charge in [0.1, 0.15) is 0 Å². The van der Waals surface area contributed by atoms with Gasteiger partial charge in [-0.15, -0.1) is 0 Å². The van der Waals surface area contributed by atoms with Crippen LogP contribution in [0.1, 0.15) is 94.9 Å². The van der Waals surface area contributed by atoms with E-state index in [0.29, 0.717) is 6.42 Å². The van der Waals surface area contributed by atoms with Crippen molar-refractivity contribution in [2.75, 3.05) is 0 Å². The quantitative estimate of drug-likeness (QED) is 0.267. The molecule has 2 rings (SSSR count). The van der Waals surface area contributed by atoms with Crippen molar-refractivity contribution in [3.63, 3.8) is 0 Å². The fourth-order valence-corrected chi connectivity index (χ4v) is 5.71. The van der Waals surface area contributed by atoms with Crippen LogP contribution in [-0.4, -0.2) is 17.0 Å². The Morgan fingerprint density at radius 2 is 1.14 bits per heavy atom. The van der Waals surface area contributed by atoms with Gasteiger partial charge in [0, 0.05) is 6.42 Å². The zero-order valence-electron chi connectivity index (χ0n) is 27.8. The third kappa shape index (κ3) is 11.2. The van der Waals surface area contributed by atoms with Crippen LogP contribution >= 0.6 is 0 Å². The molecule has 0 unspecified atom stereocenters. The molecule has 0 amide bonds. The molecular weight excluding hydrogens is 512 g/mol. The highest BCUT2D eigenvalue weighted by molar-refractivity contribution is 5.97. The Bertz CT molecular complexity index is 1330. The molecule has 2 heteroatoms. The number of rotatable bonds is 10. The Hall–Kier alpha value is -3.23. The summed E-state index contributed by atoms with van der Waals surface area (Å²) in [5.74, 6) is 0.274. The highest BCUT2D eigenvalue weighted by Gasteiger charge is 2.32. The van der Waals surface area contributed by atoms with Crippen LogP contribution in [0.25, 0.3) is 0 Å². The average molecular weight is 567 g/mol. The summed E-state index contributed by atoms with van der Waals surface area (Å²) in [6, 6.07) is 0. The molecule has 0 aromatic carbocycles. The number of Topliss-reactive ketones (excluding diaryl/α,β-unsaturated/α-hetero) is 1. The number of allylic oxidation sites excluding steroid dienone is 21. The predicted octanol–water partition coefficient (Wildman–Crippen LogP) is 10.8. The van der Waals surface area contributed by atoms with Crippen molar-refractivity contribution in [3.8, 4) is 0 Å². The third-order valence-corrected chi connectivity index (χ3v) is 8.30. The minimum atomic E-state index is -0.229. The van der Waals surface area contributed by atoms with Gasteiger partial charge < -0.3 is 5.11 Å². The molecule has 0 bridgehead atoms. The number of hydrogen-bond acceptors (Lipinski definition) is 2. The molecule has 1 atom stereocenters. The van der Waals surface area contributed by atoms with Crippen molar-refractivity contribution in [3.05, 3.63) is 130 Å². The van der Waals surface area contributed by atoms with E-state index in [9.17, 15) is 9.90 Å². The minimum absolute atomic E-state index is 0.00248. The Balaban J connectivity index is 1.92. The fraction of sp³-hybridized carbons (Fsp3) is 0.425. The zero-order valence-corrected chi connectivity index (χ0v) is 27.8. The lowest BCUT2D eigenvalue weighted by Crippen LogP contribution is -2.28. The van der Waals surface area contributed by atoms with Gasteiger partial charge in [0.15, 0.2) is 5.78 Å². The number of aliphatic hydroxyl groups excluding tert-OH is 1. The van der Waals surface area contributed by atoms with Crippen LogP contribution in [0.5, 0.6) is 0 Å². The van der Waals surface area contributed by atoms with Gasteiger partial charge in [-0.3, -0.25) is 4.79 Å². The summed E-state index contributed by atoms with van der Waals surface area (Å²) in [6.07, 6.45) is 32.5. The van der Waals surface area contributed by atoms with Crippen molar-refractivity contribution >= 4 is 5.78 Å². The first-order valence-corrected chi connectivity index (χ1v) is 15.3. The lowest BCUT2D eigenvalue weighted by molar-refractivity contribution is -0.116. The third-order valence-electron chi connectivity index (χ3n) is 8.30. The number of carbonyl (C=O) groups is 1. The second kappa shape index (κ2) is 15.8. The number of aliphatic hydroxyl groups is 1. The SMILES string of the molecule is CC1=C(/C=C/C(C)=C/C=C/C(C)=C/C=C/C=C(C)/C=C/C=C(C)/C=C/C2=C(C)C(=O)CCC2(C)C)C(C)(C)C[C@@H](O)C1. The molecule has 226 valence electrons. The summed E-state index contributed by atoms with van der Waals surface area (Å²) >= 11 is 0. The van der Waals surface area contributed by atoms with Gasteiger partial charge in [-0.05, 0) is 88.4 Å². The molecule has 0 heterocycles. The van der Waals surface area contributed by atoms with Crippen LogP contribution < -0.4 is 0 Å². The molecule has 0 fully saturated rings. The minimum Gasteiger partial charge on any atom is -0.393 e. The molecule has 1 N–H and O–H groups in total. The van der Waals surface area contributed by atoms with Crippen molar-refractivity contribution in [1.29, 1.82) is 0 Å². The fourth-order valence-electron chi connectivity index (χ4n) is 5.71. The van der Waals surface area contributed by atoms with E-state index in [4.69, 9.17) is 0 Å². The van der Waals surface area contributed by atoms with Gasteiger partial charge in [-0.2, -0.15) is 0 Å². The predicted molar refractivity (Wildman–Crippen MR) is 183 cm³/mol. The van der Waals surface area contributed by atoms with E-state index >= 15 is 0 Å². The molecule has 2 nitrogen and oxygen atoms in total. The molecule has 0 saturated heterocycles. The molecule has 0 aromatic heterocycles. The molecular formula is C40H54O2. The normalized spacial score (nSPS) is 23.3. The first-order valence-electron chi connectivity index (χ1n) is 15.3. The van der Waals surface area contributed by atoms with Crippen LogP contribution in [0.2, 0.25) is 0 Å². The first kappa shape index (κ1) is 35.0. The van der Waals surface area contributed by atoms with E-state index in [0.717, 1.165) is 36.0 Å². The maximum Gasteiger partial charge on any atom is 0.158 e. The smallest absolute Gasteiger partial charge is 0.158 e. The lowest BCUT2D eigenvalue weighted by atomic mass is 9.71. The molecule has 2 aliphatic carbocycles. The van der Waals surface area contributed by atoms with Crippen LogP contribution in [0.4, 0.5) is 0 Å². The molecule has 42 heavy (non-hydrogen) atoms. The van der Waals surface area contributed by atoms with E-state index in [1.807, 2.05) is 6.92 Å². The largest absolute Gasteiger partial charge is 0.393 e. The second-order valence-electron chi connectivity index (χ2n) is 13.4. The topological polar surface area (TPSA) is 37.3 Å². The van der Waals surface area contributed by atoms with Crippen molar-refractivity contribution in [2.45, 2.75) is 101 Å². The second-order valence-corrected chi connectivity index (χ2v) is 13.4. The van der Waals surface area contributed by atoms with Crippen molar-refractivity contribution in [2.24, 2.45) is 10.8 Å². The van der Waals surface area contributed by atoms with Crippen LogP contribution in [0.15, 0.2) is 130 Å². The molecule has 0 radical (unpaired) electrons. The van der Waals surface area contributed by atoms with Gasteiger partial charge in [-0.25, -0.2) is 0 Å². The average Bonchev–Trinajstić information content (AvgIpc) is 2.87. The van der Waals surface area contributed by atoms with Gasteiger partial charge in [0.25, 0.3) is 0 Å². The Morgan fingerprint density at radius 1 is 0.690 bits per heavy atom. The highest BCUT2D eigenvalue weighted by Crippen LogP contribution is 2.41. The molecule has 0 aromatic rings. The molecule has 0 spiro atoms. The summed E-state index contributed by atoms with van der Waals surface area (Å²) in [6.45, 7) is 21.4. The summed E-state index contributed by atoms with van der Waals surface area (Å²) in [7, 11) is 0. The number of ketones is 1. The summed E-state index contributed by atoms with van der Waals surface area (Å²) in [5.41, 5.74) is 9.44. The van der Waals surface area contributed by atoms with Crippen molar-refractivity contribution < 1.29 is 9.90 Å². The maximum absolute atomic E-state index is 12.2. The number of hydrogen-bond donors (Lipinski definition) is 1. The summed E-state index contributed by atoms with van der Waals surface area (Å²) in [4.78, 5) is 12.2. The highest BCUT2D eigenvalue weighted by atomic mass is 16.3. The maximum atomic E-state index is 12.2. The Labute approximate surface area is 256 Å². The Morgan fingerprint density at radius 3 is 1.64 bits per heavy atom. The molecule has 0 aliphatic heterocycles. The summed E-state index contributed by atoms with van der Waals surface area (Å²) in [5, 5.41) is 10.1. The zero-order chi connectivity index (χ0) is 31.5. The van der Waals surface area contributed by atoms with E-state index in [-0.39, 0.29) is 22.7 Å².